The van der Waals surface area contributed by atoms with Crippen molar-refractivity contribution >= 4 is 23.3 Å². The molecule has 2 saturated carbocycles. The summed E-state index contributed by atoms with van der Waals surface area (Å²) in [7, 11) is 0. The molecule has 2 aliphatic rings. The second-order valence-corrected chi connectivity index (χ2v) is 10.7. The molecule has 2 fully saturated rings. The summed E-state index contributed by atoms with van der Waals surface area (Å²) >= 11 is 0. The molecule has 4 aromatic rings. The molecule has 0 atom stereocenters. The summed E-state index contributed by atoms with van der Waals surface area (Å²) in [5, 5.41) is 9.55. The SMILES string of the molecule is CC(C)CNc1nc(-c2cccc(C(=O)NC3CC3)c2)cn2c(-c3ccc(C(=O)NC4CC4)cc3)cnc12. The first-order chi connectivity index (χ1) is 18.4. The summed E-state index contributed by atoms with van der Waals surface area (Å²) in [5.74, 6) is 1.03. The molecule has 2 amide bonds. The highest BCUT2D eigenvalue weighted by Gasteiger charge is 2.25. The van der Waals surface area contributed by atoms with Crippen molar-refractivity contribution in [1.29, 1.82) is 0 Å². The number of fused-ring (bicyclic) bond motifs is 1. The first-order valence-electron chi connectivity index (χ1n) is 13.4. The average Bonchev–Trinajstić information content (AvgIpc) is 3.86. The number of hydrogen-bond donors (Lipinski definition) is 3. The topological polar surface area (TPSA) is 100 Å². The van der Waals surface area contributed by atoms with Crippen molar-refractivity contribution in [2.24, 2.45) is 5.92 Å². The van der Waals surface area contributed by atoms with Gasteiger partial charge >= 0.3 is 0 Å². The van der Waals surface area contributed by atoms with Crippen molar-refractivity contribution in [3.05, 3.63) is 72.1 Å². The van der Waals surface area contributed by atoms with Gasteiger partial charge in [-0.3, -0.25) is 14.0 Å². The first-order valence-corrected chi connectivity index (χ1v) is 13.4. The molecule has 0 radical (unpaired) electrons. The zero-order valence-corrected chi connectivity index (χ0v) is 21.7. The van der Waals surface area contributed by atoms with Crippen LogP contribution in [0.4, 0.5) is 5.82 Å². The summed E-state index contributed by atoms with van der Waals surface area (Å²) in [6.45, 7) is 5.05. The van der Waals surface area contributed by atoms with E-state index in [1.165, 1.54) is 0 Å². The van der Waals surface area contributed by atoms with Crippen molar-refractivity contribution in [3.8, 4) is 22.5 Å². The maximum Gasteiger partial charge on any atom is 0.251 e. The Bertz CT molecular complexity index is 1500. The lowest BCUT2D eigenvalue weighted by Crippen LogP contribution is -2.25. The van der Waals surface area contributed by atoms with Gasteiger partial charge in [0, 0.05) is 47.1 Å². The largest absolute Gasteiger partial charge is 0.367 e. The lowest BCUT2D eigenvalue weighted by atomic mass is 10.1. The Balaban J connectivity index is 1.37. The molecule has 2 aromatic heterocycles. The van der Waals surface area contributed by atoms with Crippen molar-refractivity contribution < 1.29 is 9.59 Å². The van der Waals surface area contributed by atoms with E-state index in [1.807, 2.05) is 65.3 Å². The molecule has 8 heteroatoms. The molecule has 2 heterocycles. The minimum absolute atomic E-state index is 0.0329. The second-order valence-electron chi connectivity index (χ2n) is 10.7. The number of rotatable bonds is 9. The van der Waals surface area contributed by atoms with E-state index in [-0.39, 0.29) is 11.8 Å². The third-order valence-corrected chi connectivity index (χ3v) is 6.86. The van der Waals surface area contributed by atoms with Gasteiger partial charge in [0.05, 0.1) is 17.6 Å². The van der Waals surface area contributed by atoms with Crippen LogP contribution in [0.1, 0.15) is 60.2 Å². The Kier molecular flexibility index (Phi) is 6.31. The first kappa shape index (κ1) is 24.2. The van der Waals surface area contributed by atoms with Crippen molar-refractivity contribution in [2.45, 2.75) is 51.6 Å². The number of carbonyl (C=O) groups excluding carboxylic acids is 2. The van der Waals surface area contributed by atoms with Crippen LogP contribution < -0.4 is 16.0 Å². The predicted molar refractivity (Wildman–Crippen MR) is 148 cm³/mol. The standard InChI is InChI=1S/C30H32N6O2/c1-18(2)15-31-27-28-32-16-26(19-6-8-20(9-7-19)29(37)33-23-10-11-23)36(28)17-25(35-27)21-4-3-5-22(14-21)30(38)34-24-12-13-24/h3-9,14,16-18,23-24H,10-13,15H2,1-2H3,(H,31,35)(H,33,37)(H,34,38). The van der Waals surface area contributed by atoms with E-state index in [2.05, 4.69) is 29.8 Å². The molecule has 0 saturated heterocycles. The number of nitrogens with one attached hydrogen (secondary N) is 3. The average molecular weight is 509 g/mol. The zero-order chi connectivity index (χ0) is 26.2. The minimum atomic E-state index is -0.0530. The number of carbonyl (C=O) groups is 2. The number of imidazole rings is 1. The number of aromatic nitrogens is 3. The van der Waals surface area contributed by atoms with Crippen LogP contribution in [-0.4, -0.2) is 44.8 Å². The molecule has 0 spiro atoms. The van der Waals surface area contributed by atoms with Crippen LogP contribution >= 0.6 is 0 Å². The molecule has 0 bridgehead atoms. The van der Waals surface area contributed by atoms with Crippen LogP contribution in [0.3, 0.4) is 0 Å². The highest BCUT2D eigenvalue weighted by Crippen LogP contribution is 2.29. The van der Waals surface area contributed by atoms with E-state index < -0.39 is 0 Å². The quantitative estimate of drug-likeness (QED) is 0.298. The van der Waals surface area contributed by atoms with E-state index in [4.69, 9.17) is 9.97 Å². The van der Waals surface area contributed by atoms with Crippen molar-refractivity contribution in [2.75, 3.05) is 11.9 Å². The Labute approximate surface area is 221 Å². The molecular formula is C30H32N6O2. The highest BCUT2D eigenvalue weighted by molar-refractivity contribution is 5.96. The number of nitrogens with zero attached hydrogens (tertiary/aromatic N) is 3. The van der Waals surface area contributed by atoms with Crippen LogP contribution in [0.15, 0.2) is 60.9 Å². The Hall–Kier alpha value is -4.20. The molecule has 6 rings (SSSR count). The van der Waals surface area contributed by atoms with Gasteiger partial charge in [-0.2, -0.15) is 0 Å². The van der Waals surface area contributed by atoms with Gasteiger partial charge in [0.25, 0.3) is 11.8 Å². The third-order valence-electron chi connectivity index (χ3n) is 6.86. The molecule has 2 aliphatic carbocycles. The Morgan fingerprint density at radius 3 is 2.26 bits per heavy atom. The van der Waals surface area contributed by atoms with Gasteiger partial charge in [-0.05, 0) is 55.9 Å². The second kappa shape index (κ2) is 9.93. The van der Waals surface area contributed by atoms with Crippen LogP contribution in [0, 0.1) is 5.92 Å². The van der Waals surface area contributed by atoms with E-state index in [1.54, 1.807) is 0 Å². The van der Waals surface area contributed by atoms with Gasteiger partial charge in [0.2, 0.25) is 0 Å². The molecule has 0 aliphatic heterocycles. The molecule has 2 aromatic carbocycles. The molecule has 3 N–H and O–H groups in total. The normalized spacial score (nSPS) is 15.0. The monoisotopic (exact) mass is 508 g/mol. The molecule has 194 valence electrons. The number of hydrogen-bond acceptors (Lipinski definition) is 5. The fraction of sp³-hybridized carbons (Fsp3) is 0.333. The highest BCUT2D eigenvalue weighted by atomic mass is 16.2. The summed E-state index contributed by atoms with van der Waals surface area (Å²) < 4.78 is 2.03. The maximum absolute atomic E-state index is 12.7. The number of benzene rings is 2. The fourth-order valence-electron chi connectivity index (χ4n) is 4.37. The Morgan fingerprint density at radius 1 is 0.921 bits per heavy atom. The van der Waals surface area contributed by atoms with Gasteiger partial charge in [0.15, 0.2) is 11.5 Å². The molecule has 8 nitrogen and oxygen atoms in total. The zero-order valence-electron chi connectivity index (χ0n) is 21.7. The summed E-state index contributed by atoms with van der Waals surface area (Å²) in [4.78, 5) is 34.7. The molecule has 38 heavy (non-hydrogen) atoms. The van der Waals surface area contributed by atoms with Gasteiger partial charge < -0.3 is 16.0 Å². The fourth-order valence-corrected chi connectivity index (χ4v) is 4.37. The predicted octanol–water partition coefficient (Wildman–Crippen LogP) is 4.92. The van der Waals surface area contributed by atoms with E-state index >= 15 is 0 Å². The summed E-state index contributed by atoms with van der Waals surface area (Å²) in [6.07, 6.45) is 8.00. The third kappa shape index (κ3) is 5.25. The Morgan fingerprint density at radius 2 is 1.61 bits per heavy atom. The van der Waals surface area contributed by atoms with Crippen molar-refractivity contribution in [3.63, 3.8) is 0 Å². The van der Waals surface area contributed by atoms with E-state index in [9.17, 15) is 9.59 Å². The van der Waals surface area contributed by atoms with E-state index in [0.717, 1.165) is 60.4 Å². The van der Waals surface area contributed by atoms with Gasteiger partial charge in [-0.15, -0.1) is 0 Å². The smallest absolute Gasteiger partial charge is 0.251 e. The van der Waals surface area contributed by atoms with Crippen LogP contribution in [0.25, 0.3) is 28.2 Å². The lowest BCUT2D eigenvalue weighted by Gasteiger charge is -2.13. The number of amides is 2. The lowest BCUT2D eigenvalue weighted by molar-refractivity contribution is 0.0942. The van der Waals surface area contributed by atoms with Crippen LogP contribution in [-0.2, 0) is 0 Å². The molecular weight excluding hydrogens is 476 g/mol. The van der Waals surface area contributed by atoms with Gasteiger partial charge in [-0.1, -0.05) is 38.1 Å². The van der Waals surface area contributed by atoms with E-state index in [0.29, 0.717) is 34.9 Å². The molecule has 0 unspecified atom stereocenters. The summed E-state index contributed by atoms with van der Waals surface area (Å²) in [6, 6.07) is 15.8. The number of anilines is 1. The van der Waals surface area contributed by atoms with Crippen LogP contribution in [0.2, 0.25) is 0 Å². The summed E-state index contributed by atoms with van der Waals surface area (Å²) in [5.41, 5.74) is 5.44. The minimum Gasteiger partial charge on any atom is -0.367 e. The van der Waals surface area contributed by atoms with Crippen LogP contribution in [0.5, 0.6) is 0 Å². The van der Waals surface area contributed by atoms with Gasteiger partial charge in [0.1, 0.15) is 0 Å². The maximum atomic E-state index is 12.7. The van der Waals surface area contributed by atoms with Crippen molar-refractivity contribution in [1.82, 2.24) is 25.0 Å². The van der Waals surface area contributed by atoms with Gasteiger partial charge in [-0.25, -0.2) is 9.97 Å².